The molecule has 0 amide bonds. The third kappa shape index (κ3) is 3.55. The number of hydrogen-bond acceptors (Lipinski definition) is 2. The fourth-order valence-corrected chi connectivity index (χ4v) is 3.79. The van der Waals surface area contributed by atoms with Crippen LogP contribution < -0.4 is 5.32 Å². The van der Waals surface area contributed by atoms with Gasteiger partial charge in [0.1, 0.15) is 0 Å². The van der Waals surface area contributed by atoms with Crippen molar-refractivity contribution in [2.45, 2.75) is 52.1 Å². The van der Waals surface area contributed by atoms with Crippen LogP contribution in [0.3, 0.4) is 0 Å². The van der Waals surface area contributed by atoms with E-state index in [1.54, 1.807) is 0 Å². The van der Waals surface area contributed by atoms with E-state index in [4.69, 9.17) is 0 Å². The molecule has 0 aromatic carbocycles. The summed E-state index contributed by atoms with van der Waals surface area (Å²) in [7, 11) is 0. The second-order valence-electron chi connectivity index (χ2n) is 5.75. The van der Waals surface area contributed by atoms with E-state index in [2.05, 4.69) is 62.1 Å². The predicted octanol–water partition coefficient (Wildman–Crippen LogP) is 4.67. The first-order valence-electron chi connectivity index (χ1n) is 6.52. The molecular formula is C14H20Br2N2. The van der Waals surface area contributed by atoms with Crippen LogP contribution in [-0.2, 0) is 6.54 Å². The Bertz CT molecular complexity index is 418. The van der Waals surface area contributed by atoms with Gasteiger partial charge in [-0.1, -0.05) is 26.7 Å². The Labute approximate surface area is 126 Å². The molecule has 4 heteroatoms. The predicted molar refractivity (Wildman–Crippen MR) is 82.5 cm³/mol. The van der Waals surface area contributed by atoms with Crippen LogP contribution in [0.1, 0.15) is 45.2 Å². The number of pyridine rings is 1. The molecule has 0 bridgehead atoms. The lowest BCUT2D eigenvalue weighted by Crippen LogP contribution is -2.43. The number of aromatic nitrogens is 1. The molecule has 1 heterocycles. The van der Waals surface area contributed by atoms with Crippen molar-refractivity contribution in [1.82, 2.24) is 10.3 Å². The summed E-state index contributed by atoms with van der Waals surface area (Å²) >= 11 is 7.00. The number of nitrogens with zero attached hydrogens (tertiary/aromatic N) is 1. The minimum atomic E-state index is 0.403. The lowest BCUT2D eigenvalue weighted by atomic mass is 9.73. The topological polar surface area (TPSA) is 24.9 Å². The highest BCUT2D eigenvalue weighted by atomic mass is 79.9. The summed E-state index contributed by atoms with van der Waals surface area (Å²) < 4.78 is 2.08. The Kier molecular flexibility index (Phi) is 4.84. The molecule has 2 rings (SSSR count). The lowest BCUT2D eigenvalue weighted by Gasteiger charge is -2.39. The van der Waals surface area contributed by atoms with Crippen molar-refractivity contribution >= 4 is 31.9 Å². The van der Waals surface area contributed by atoms with E-state index >= 15 is 0 Å². The highest BCUT2D eigenvalue weighted by Gasteiger charge is 2.31. The molecule has 1 atom stereocenters. The van der Waals surface area contributed by atoms with Crippen LogP contribution in [0.2, 0.25) is 0 Å². The molecular weight excluding hydrogens is 356 g/mol. The molecule has 0 radical (unpaired) electrons. The number of nitrogens with one attached hydrogen (secondary N) is 1. The van der Waals surface area contributed by atoms with Crippen LogP contribution in [-0.4, -0.2) is 11.0 Å². The molecule has 1 saturated carbocycles. The first-order valence-corrected chi connectivity index (χ1v) is 8.11. The summed E-state index contributed by atoms with van der Waals surface area (Å²) in [6, 6.07) is 2.65. The van der Waals surface area contributed by atoms with Crippen LogP contribution in [0.5, 0.6) is 0 Å². The Morgan fingerprint density at radius 3 is 2.83 bits per heavy atom. The Morgan fingerprint density at radius 2 is 2.17 bits per heavy atom. The van der Waals surface area contributed by atoms with E-state index in [0.717, 1.165) is 21.2 Å². The smallest absolute Gasteiger partial charge is 0.0684 e. The van der Waals surface area contributed by atoms with Gasteiger partial charge in [0.2, 0.25) is 0 Å². The van der Waals surface area contributed by atoms with Crippen LogP contribution >= 0.6 is 31.9 Å². The minimum absolute atomic E-state index is 0.403. The normalized spacial score (nSPS) is 23.0. The molecule has 0 saturated heterocycles. The van der Waals surface area contributed by atoms with E-state index in [9.17, 15) is 0 Å². The molecule has 100 valence electrons. The average Bonchev–Trinajstić information content (AvgIpc) is 2.29. The van der Waals surface area contributed by atoms with Crippen molar-refractivity contribution in [3.63, 3.8) is 0 Å². The van der Waals surface area contributed by atoms with E-state index in [1.807, 2.05) is 6.20 Å². The molecule has 2 nitrogen and oxygen atoms in total. The zero-order chi connectivity index (χ0) is 13.2. The van der Waals surface area contributed by atoms with Gasteiger partial charge < -0.3 is 5.32 Å². The molecule has 1 aliphatic carbocycles. The van der Waals surface area contributed by atoms with Crippen LogP contribution in [0, 0.1) is 5.41 Å². The van der Waals surface area contributed by atoms with Gasteiger partial charge in [-0.05, 0) is 56.2 Å². The molecule has 18 heavy (non-hydrogen) atoms. The van der Waals surface area contributed by atoms with Gasteiger partial charge in [0, 0.05) is 27.7 Å². The second-order valence-corrected chi connectivity index (χ2v) is 7.52. The quantitative estimate of drug-likeness (QED) is 0.830. The van der Waals surface area contributed by atoms with Crippen LogP contribution in [0.4, 0.5) is 0 Å². The maximum atomic E-state index is 4.45. The molecule has 1 fully saturated rings. The number of hydrogen-bond donors (Lipinski definition) is 1. The fraction of sp³-hybridized carbons (Fsp3) is 0.643. The van der Waals surface area contributed by atoms with Crippen molar-refractivity contribution < 1.29 is 0 Å². The highest BCUT2D eigenvalue weighted by molar-refractivity contribution is 9.11. The SMILES string of the molecule is CC1(C)CCCCC1NCc1ncc(Br)cc1Br. The third-order valence-electron chi connectivity index (χ3n) is 3.91. The van der Waals surface area contributed by atoms with Crippen molar-refractivity contribution in [1.29, 1.82) is 0 Å². The lowest BCUT2D eigenvalue weighted by molar-refractivity contribution is 0.166. The zero-order valence-electron chi connectivity index (χ0n) is 11.0. The number of halogens is 2. The van der Waals surface area contributed by atoms with Gasteiger partial charge in [-0.3, -0.25) is 4.98 Å². The molecule has 1 aromatic rings. The maximum absolute atomic E-state index is 4.45. The summed E-state index contributed by atoms with van der Waals surface area (Å²) in [5.41, 5.74) is 1.49. The monoisotopic (exact) mass is 374 g/mol. The Hall–Kier alpha value is 0.0700. The van der Waals surface area contributed by atoms with Crippen molar-refractivity contribution in [3.05, 3.63) is 26.9 Å². The summed E-state index contributed by atoms with van der Waals surface area (Å²) in [5.74, 6) is 0. The summed E-state index contributed by atoms with van der Waals surface area (Å²) in [6.45, 7) is 5.57. The van der Waals surface area contributed by atoms with Gasteiger partial charge >= 0.3 is 0 Å². The second kappa shape index (κ2) is 6.02. The largest absolute Gasteiger partial charge is 0.308 e. The third-order valence-corrected chi connectivity index (χ3v) is 5.03. The van der Waals surface area contributed by atoms with E-state index < -0.39 is 0 Å². The van der Waals surface area contributed by atoms with Crippen LogP contribution in [0.15, 0.2) is 21.2 Å². The molecule has 1 aliphatic rings. The molecule has 0 spiro atoms. The van der Waals surface area contributed by atoms with Crippen molar-refractivity contribution in [2.75, 3.05) is 0 Å². The maximum Gasteiger partial charge on any atom is 0.0684 e. The zero-order valence-corrected chi connectivity index (χ0v) is 14.1. The van der Waals surface area contributed by atoms with Gasteiger partial charge in [-0.25, -0.2) is 0 Å². The average molecular weight is 376 g/mol. The van der Waals surface area contributed by atoms with Gasteiger partial charge in [0.25, 0.3) is 0 Å². The summed E-state index contributed by atoms with van der Waals surface area (Å²) in [4.78, 5) is 4.45. The Balaban J connectivity index is 1.98. The van der Waals surface area contributed by atoms with Crippen molar-refractivity contribution in [2.24, 2.45) is 5.41 Å². The van der Waals surface area contributed by atoms with E-state index in [0.29, 0.717) is 11.5 Å². The molecule has 0 aliphatic heterocycles. The number of rotatable bonds is 3. The first-order chi connectivity index (χ1) is 8.49. The summed E-state index contributed by atoms with van der Waals surface area (Å²) in [5, 5.41) is 3.68. The minimum Gasteiger partial charge on any atom is -0.308 e. The van der Waals surface area contributed by atoms with Gasteiger partial charge in [-0.2, -0.15) is 0 Å². The molecule has 1 unspecified atom stereocenters. The molecule has 1 N–H and O–H groups in total. The fourth-order valence-electron chi connectivity index (χ4n) is 2.67. The van der Waals surface area contributed by atoms with Gasteiger partial charge in [0.05, 0.1) is 5.69 Å². The van der Waals surface area contributed by atoms with Crippen molar-refractivity contribution in [3.8, 4) is 0 Å². The standard InChI is InChI=1S/C14H20Br2N2/c1-14(2)6-4-3-5-13(14)18-9-12-11(16)7-10(15)8-17-12/h7-8,13,18H,3-6,9H2,1-2H3. The van der Waals surface area contributed by atoms with E-state index in [-0.39, 0.29) is 0 Å². The first kappa shape index (κ1) is 14.5. The van der Waals surface area contributed by atoms with Gasteiger partial charge in [0.15, 0.2) is 0 Å². The van der Waals surface area contributed by atoms with E-state index in [1.165, 1.54) is 25.7 Å². The summed E-state index contributed by atoms with van der Waals surface area (Å²) in [6.07, 6.45) is 7.16. The Morgan fingerprint density at radius 1 is 1.39 bits per heavy atom. The molecule has 1 aromatic heterocycles. The van der Waals surface area contributed by atoms with Gasteiger partial charge in [-0.15, -0.1) is 0 Å². The highest BCUT2D eigenvalue weighted by Crippen LogP contribution is 2.35. The van der Waals surface area contributed by atoms with Crippen LogP contribution in [0.25, 0.3) is 0 Å².